The van der Waals surface area contributed by atoms with Gasteiger partial charge in [-0.3, -0.25) is 4.79 Å². The fourth-order valence-electron chi connectivity index (χ4n) is 2.63. The van der Waals surface area contributed by atoms with Gasteiger partial charge < -0.3 is 9.73 Å². The molecule has 0 bridgehead atoms. The van der Waals surface area contributed by atoms with E-state index in [9.17, 15) is 4.79 Å². The summed E-state index contributed by atoms with van der Waals surface area (Å²) in [5.41, 5.74) is 1.70. The van der Waals surface area contributed by atoms with E-state index < -0.39 is 0 Å². The van der Waals surface area contributed by atoms with Gasteiger partial charge in [-0.15, -0.1) is 0 Å². The number of hydrogen-bond donors (Lipinski definition) is 1. The van der Waals surface area contributed by atoms with Gasteiger partial charge in [0.1, 0.15) is 11.5 Å². The summed E-state index contributed by atoms with van der Waals surface area (Å²) in [4.78, 5) is 12.2. The first kappa shape index (κ1) is 12.2. The molecule has 0 unspecified atom stereocenters. The van der Waals surface area contributed by atoms with E-state index in [-0.39, 0.29) is 5.91 Å². The quantitative estimate of drug-likeness (QED) is 0.854. The smallest absolute Gasteiger partial charge is 0.255 e. The Labute approximate surface area is 103 Å². The van der Waals surface area contributed by atoms with E-state index in [1.54, 1.807) is 0 Å². The molecule has 0 atom stereocenters. The summed E-state index contributed by atoms with van der Waals surface area (Å²) >= 11 is 0. The molecule has 1 saturated carbocycles. The summed E-state index contributed by atoms with van der Waals surface area (Å²) in [6, 6.07) is 0.352. The van der Waals surface area contributed by atoms with Crippen LogP contribution in [0.5, 0.6) is 0 Å². The number of rotatable bonds is 2. The van der Waals surface area contributed by atoms with E-state index in [1.165, 1.54) is 19.3 Å². The molecule has 1 fully saturated rings. The highest BCUT2D eigenvalue weighted by atomic mass is 16.3. The summed E-state index contributed by atoms with van der Waals surface area (Å²) in [5, 5.41) is 3.13. The van der Waals surface area contributed by atoms with Gasteiger partial charge in [0.25, 0.3) is 5.91 Å². The summed E-state index contributed by atoms with van der Waals surface area (Å²) in [6.45, 7) is 5.71. The van der Waals surface area contributed by atoms with Crippen LogP contribution in [0.3, 0.4) is 0 Å². The van der Waals surface area contributed by atoms with Crippen LogP contribution in [0.4, 0.5) is 0 Å². The van der Waals surface area contributed by atoms with Crippen LogP contribution in [0.15, 0.2) is 4.42 Å². The third-order valence-corrected chi connectivity index (χ3v) is 3.73. The van der Waals surface area contributed by atoms with E-state index in [2.05, 4.69) is 5.32 Å². The lowest BCUT2D eigenvalue weighted by Gasteiger charge is -2.22. The Morgan fingerprint density at radius 3 is 2.29 bits per heavy atom. The Hall–Kier alpha value is -1.25. The predicted octanol–water partition coefficient (Wildman–Crippen LogP) is 3.27. The number of aryl methyl sites for hydroxylation is 2. The van der Waals surface area contributed by atoms with Gasteiger partial charge in [0, 0.05) is 11.6 Å². The molecule has 0 aromatic carbocycles. The first-order chi connectivity index (χ1) is 8.09. The summed E-state index contributed by atoms with van der Waals surface area (Å²) < 4.78 is 5.49. The fourth-order valence-corrected chi connectivity index (χ4v) is 2.63. The molecule has 0 saturated heterocycles. The molecule has 0 aliphatic heterocycles. The van der Waals surface area contributed by atoms with Gasteiger partial charge >= 0.3 is 0 Å². The summed E-state index contributed by atoms with van der Waals surface area (Å²) in [6.07, 6.45) is 5.98. The maximum absolute atomic E-state index is 12.2. The molecule has 1 aromatic heterocycles. The number of carbonyl (C=O) groups excluding carboxylic acids is 1. The van der Waals surface area contributed by atoms with Gasteiger partial charge in [0.15, 0.2) is 0 Å². The van der Waals surface area contributed by atoms with Crippen LogP contribution in [-0.2, 0) is 0 Å². The monoisotopic (exact) mass is 235 g/mol. The molecule has 17 heavy (non-hydrogen) atoms. The zero-order valence-corrected chi connectivity index (χ0v) is 10.9. The molecule has 94 valence electrons. The highest BCUT2D eigenvalue weighted by Crippen LogP contribution is 2.22. The van der Waals surface area contributed by atoms with Crippen molar-refractivity contribution in [3.63, 3.8) is 0 Å². The van der Waals surface area contributed by atoms with Crippen LogP contribution >= 0.6 is 0 Å². The zero-order valence-electron chi connectivity index (χ0n) is 10.9. The summed E-state index contributed by atoms with van der Waals surface area (Å²) in [5.74, 6) is 1.60. The Bertz CT molecular complexity index is 414. The van der Waals surface area contributed by atoms with Crippen LogP contribution in [0.25, 0.3) is 0 Å². The third kappa shape index (κ3) is 2.54. The minimum Gasteiger partial charge on any atom is -0.466 e. The fraction of sp³-hybridized carbons (Fsp3) is 0.643. The minimum atomic E-state index is 0.0313. The SMILES string of the molecule is Cc1oc(C)c(C(=O)NC2CCCCC2)c1C. The van der Waals surface area contributed by atoms with Crippen LogP contribution in [0, 0.1) is 20.8 Å². The highest BCUT2D eigenvalue weighted by Gasteiger charge is 2.22. The number of carbonyl (C=O) groups is 1. The van der Waals surface area contributed by atoms with Crippen molar-refractivity contribution in [2.45, 2.75) is 58.9 Å². The molecule has 0 radical (unpaired) electrons. The maximum atomic E-state index is 12.2. The molecular weight excluding hydrogens is 214 g/mol. The Balaban J connectivity index is 2.08. The van der Waals surface area contributed by atoms with Crippen molar-refractivity contribution in [3.8, 4) is 0 Å². The number of nitrogens with one attached hydrogen (secondary N) is 1. The summed E-state index contributed by atoms with van der Waals surface area (Å²) in [7, 11) is 0. The molecule has 1 amide bonds. The molecule has 3 heteroatoms. The van der Waals surface area contributed by atoms with Crippen molar-refractivity contribution in [1.29, 1.82) is 0 Å². The van der Waals surface area contributed by atoms with Crippen molar-refractivity contribution in [2.24, 2.45) is 0 Å². The van der Waals surface area contributed by atoms with Crippen LogP contribution in [0.2, 0.25) is 0 Å². The minimum absolute atomic E-state index is 0.0313. The van der Waals surface area contributed by atoms with Gasteiger partial charge in [0.05, 0.1) is 5.56 Å². The first-order valence-electron chi connectivity index (χ1n) is 6.47. The molecule has 3 nitrogen and oxygen atoms in total. The Kier molecular flexibility index (Phi) is 3.55. The van der Waals surface area contributed by atoms with Crippen LogP contribution in [0.1, 0.15) is 59.5 Å². The second-order valence-electron chi connectivity index (χ2n) is 5.02. The van der Waals surface area contributed by atoms with Gasteiger partial charge in [0.2, 0.25) is 0 Å². The molecule has 1 N–H and O–H groups in total. The van der Waals surface area contributed by atoms with E-state index in [1.807, 2.05) is 20.8 Å². The van der Waals surface area contributed by atoms with E-state index in [4.69, 9.17) is 4.42 Å². The first-order valence-corrected chi connectivity index (χ1v) is 6.47. The average Bonchev–Trinajstić information content (AvgIpc) is 2.54. The van der Waals surface area contributed by atoms with Crippen LogP contribution < -0.4 is 5.32 Å². The van der Waals surface area contributed by atoms with Gasteiger partial charge in [-0.25, -0.2) is 0 Å². The van der Waals surface area contributed by atoms with E-state index in [0.29, 0.717) is 6.04 Å². The van der Waals surface area contributed by atoms with E-state index >= 15 is 0 Å². The Morgan fingerprint density at radius 1 is 1.12 bits per heavy atom. The lowest BCUT2D eigenvalue weighted by Crippen LogP contribution is -2.36. The van der Waals surface area contributed by atoms with Crippen molar-refractivity contribution < 1.29 is 9.21 Å². The lowest BCUT2D eigenvalue weighted by atomic mass is 9.95. The standard InChI is InChI=1S/C14H21NO2/c1-9-10(2)17-11(3)13(9)14(16)15-12-7-5-4-6-8-12/h12H,4-8H2,1-3H3,(H,15,16). The van der Waals surface area contributed by atoms with Gasteiger partial charge in [-0.1, -0.05) is 19.3 Å². The second-order valence-corrected chi connectivity index (χ2v) is 5.02. The average molecular weight is 235 g/mol. The number of hydrogen-bond acceptors (Lipinski definition) is 2. The maximum Gasteiger partial charge on any atom is 0.255 e. The van der Waals surface area contributed by atoms with Crippen molar-refractivity contribution in [1.82, 2.24) is 5.32 Å². The van der Waals surface area contributed by atoms with Gasteiger partial charge in [-0.05, 0) is 33.6 Å². The zero-order chi connectivity index (χ0) is 12.4. The van der Waals surface area contributed by atoms with Crippen molar-refractivity contribution >= 4 is 5.91 Å². The lowest BCUT2D eigenvalue weighted by molar-refractivity contribution is 0.0925. The van der Waals surface area contributed by atoms with Crippen molar-refractivity contribution in [2.75, 3.05) is 0 Å². The third-order valence-electron chi connectivity index (χ3n) is 3.73. The number of furan rings is 1. The second kappa shape index (κ2) is 4.94. The molecule has 1 aromatic rings. The highest BCUT2D eigenvalue weighted by molar-refractivity contribution is 5.97. The number of amides is 1. The molecule has 2 rings (SSSR count). The normalized spacial score (nSPS) is 17.1. The molecule has 1 aliphatic rings. The van der Waals surface area contributed by atoms with Crippen LogP contribution in [-0.4, -0.2) is 11.9 Å². The Morgan fingerprint density at radius 2 is 1.76 bits per heavy atom. The van der Waals surface area contributed by atoms with Crippen molar-refractivity contribution in [3.05, 3.63) is 22.6 Å². The molecule has 1 aliphatic carbocycles. The predicted molar refractivity (Wildman–Crippen MR) is 67.3 cm³/mol. The van der Waals surface area contributed by atoms with Gasteiger partial charge in [-0.2, -0.15) is 0 Å². The molecular formula is C14H21NO2. The molecule has 0 spiro atoms. The van der Waals surface area contributed by atoms with E-state index in [0.717, 1.165) is 35.5 Å². The topological polar surface area (TPSA) is 42.2 Å². The largest absolute Gasteiger partial charge is 0.466 e. The molecule has 1 heterocycles.